The second-order valence-corrected chi connectivity index (χ2v) is 4.84. The summed E-state index contributed by atoms with van der Waals surface area (Å²) < 4.78 is 24.0. The highest BCUT2D eigenvalue weighted by molar-refractivity contribution is 7.90. The van der Waals surface area contributed by atoms with Crippen LogP contribution in [0.25, 0.3) is 0 Å². The Morgan fingerprint density at radius 3 is 2.64 bits per heavy atom. The maximum absolute atomic E-state index is 11.7. The molecule has 0 saturated heterocycles. The van der Waals surface area contributed by atoms with Crippen molar-refractivity contribution in [2.24, 2.45) is 0 Å². The zero-order valence-electron chi connectivity index (χ0n) is 7.39. The van der Waals surface area contributed by atoms with Crippen LogP contribution in [0.3, 0.4) is 0 Å². The molecular formula is C8H8N2O3S. The first-order valence-electron chi connectivity index (χ1n) is 3.92. The maximum Gasteiger partial charge on any atom is 0.335 e. The van der Waals surface area contributed by atoms with E-state index in [-0.39, 0.29) is 4.90 Å². The normalized spacial score (nSPS) is 18.6. The standard InChI is InChI=1S/C8H8N2O3S/c1-10-8(11)9-6-4-2-3-5-7(6)14(10,12)13/h2-5H,1H3,(H,9,11). The second-order valence-electron chi connectivity index (χ2n) is 2.90. The van der Waals surface area contributed by atoms with Gasteiger partial charge in [0.2, 0.25) is 0 Å². The lowest BCUT2D eigenvalue weighted by Gasteiger charge is -2.25. The second kappa shape index (κ2) is 2.71. The lowest BCUT2D eigenvalue weighted by atomic mass is 10.3. The van der Waals surface area contributed by atoms with E-state index in [0.29, 0.717) is 9.99 Å². The molecule has 2 rings (SSSR count). The summed E-state index contributed by atoms with van der Waals surface area (Å²) in [7, 11) is -2.43. The molecule has 1 aliphatic heterocycles. The minimum atomic E-state index is -3.65. The molecule has 5 nitrogen and oxygen atoms in total. The van der Waals surface area contributed by atoms with Gasteiger partial charge in [0, 0.05) is 7.05 Å². The number of anilines is 1. The Morgan fingerprint density at radius 2 is 1.93 bits per heavy atom. The van der Waals surface area contributed by atoms with Gasteiger partial charge in [0.05, 0.1) is 5.69 Å². The number of carbonyl (C=O) groups is 1. The first kappa shape index (κ1) is 9.01. The van der Waals surface area contributed by atoms with E-state index in [1.54, 1.807) is 18.2 Å². The van der Waals surface area contributed by atoms with Crippen molar-refractivity contribution in [1.29, 1.82) is 0 Å². The highest BCUT2D eigenvalue weighted by Gasteiger charge is 2.32. The summed E-state index contributed by atoms with van der Waals surface area (Å²) >= 11 is 0. The summed E-state index contributed by atoms with van der Waals surface area (Å²) in [6.07, 6.45) is 0. The smallest absolute Gasteiger partial charge is 0.306 e. The van der Waals surface area contributed by atoms with Gasteiger partial charge in [0.25, 0.3) is 10.0 Å². The van der Waals surface area contributed by atoms with Crippen LogP contribution in [0, 0.1) is 0 Å². The van der Waals surface area contributed by atoms with Gasteiger partial charge in [0.15, 0.2) is 0 Å². The Balaban J connectivity index is 2.72. The van der Waals surface area contributed by atoms with Crippen molar-refractivity contribution in [3.63, 3.8) is 0 Å². The highest BCUT2D eigenvalue weighted by Crippen LogP contribution is 2.28. The number of nitrogens with zero attached hydrogens (tertiary/aromatic N) is 1. The number of para-hydroxylation sites is 1. The Labute approximate surface area is 81.4 Å². The number of rotatable bonds is 0. The van der Waals surface area contributed by atoms with Gasteiger partial charge < -0.3 is 5.32 Å². The first-order chi connectivity index (χ1) is 6.53. The number of carbonyl (C=O) groups excluding carboxylic acids is 1. The van der Waals surface area contributed by atoms with Crippen molar-refractivity contribution in [2.45, 2.75) is 4.90 Å². The highest BCUT2D eigenvalue weighted by atomic mass is 32.2. The quantitative estimate of drug-likeness (QED) is 0.693. The van der Waals surface area contributed by atoms with E-state index in [1.165, 1.54) is 13.1 Å². The molecule has 0 fully saturated rings. The zero-order chi connectivity index (χ0) is 10.3. The molecule has 2 amide bonds. The molecule has 0 spiro atoms. The molecule has 1 N–H and O–H groups in total. The van der Waals surface area contributed by atoms with Crippen molar-refractivity contribution < 1.29 is 13.2 Å². The van der Waals surface area contributed by atoms with Crippen molar-refractivity contribution in [2.75, 3.05) is 12.4 Å². The number of amides is 2. The van der Waals surface area contributed by atoms with E-state index in [2.05, 4.69) is 5.32 Å². The van der Waals surface area contributed by atoms with Gasteiger partial charge in [-0.25, -0.2) is 17.5 Å². The summed E-state index contributed by atoms with van der Waals surface area (Å²) in [5.74, 6) is 0. The molecule has 0 atom stereocenters. The molecule has 0 radical (unpaired) electrons. The van der Waals surface area contributed by atoms with Crippen molar-refractivity contribution >= 4 is 21.7 Å². The monoisotopic (exact) mass is 212 g/mol. The fourth-order valence-electron chi connectivity index (χ4n) is 1.25. The van der Waals surface area contributed by atoms with Crippen LogP contribution in [0.1, 0.15) is 0 Å². The van der Waals surface area contributed by atoms with Gasteiger partial charge in [-0.05, 0) is 12.1 Å². The average Bonchev–Trinajstić information content (AvgIpc) is 2.15. The molecular weight excluding hydrogens is 204 g/mol. The zero-order valence-corrected chi connectivity index (χ0v) is 8.21. The SMILES string of the molecule is CN1C(=O)Nc2ccccc2S1(=O)=O. The minimum Gasteiger partial charge on any atom is -0.306 e. The van der Waals surface area contributed by atoms with Gasteiger partial charge in [-0.2, -0.15) is 0 Å². The van der Waals surface area contributed by atoms with Crippen LogP contribution in [-0.2, 0) is 10.0 Å². The van der Waals surface area contributed by atoms with E-state index in [0.717, 1.165) is 0 Å². The third-order valence-corrected chi connectivity index (χ3v) is 3.85. The molecule has 0 bridgehead atoms. The summed E-state index contributed by atoms with van der Waals surface area (Å²) in [6, 6.07) is 5.66. The van der Waals surface area contributed by atoms with Crippen LogP contribution in [0.15, 0.2) is 29.2 Å². The summed E-state index contributed by atoms with van der Waals surface area (Å²) in [4.78, 5) is 11.3. The van der Waals surface area contributed by atoms with Crippen LogP contribution >= 0.6 is 0 Å². The molecule has 6 heteroatoms. The van der Waals surface area contributed by atoms with Crippen molar-refractivity contribution in [1.82, 2.24) is 4.31 Å². The summed E-state index contributed by atoms with van der Waals surface area (Å²) in [5.41, 5.74) is 0.329. The van der Waals surface area contributed by atoms with Crippen LogP contribution < -0.4 is 5.32 Å². The molecule has 0 unspecified atom stereocenters. The number of benzene rings is 1. The predicted molar refractivity (Wildman–Crippen MR) is 50.4 cm³/mol. The lowest BCUT2D eigenvalue weighted by Crippen LogP contribution is -2.40. The molecule has 0 aromatic heterocycles. The van der Waals surface area contributed by atoms with E-state index in [4.69, 9.17) is 0 Å². The van der Waals surface area contributed by atoms with E-state index in [9.17, 15) is 13.2 Å². The largest absolute Gasteiger partial charge is 0.335 e. The van der Waals surface area contributed by atoms with Crippen molar-refractivity contribution in [3.05, 3.63) is 24.3 Å². The fraction of sp³-hybridized carbons (Fsp3) is 0.125. The molecule has 1 heterocycles. The Hall–Kier alpha value is -1.56. The van der Waals surface area contributed by atoms with Gasteiger partial charge >= 0.3 is 6.03 Å². The third-order valence-electron chi connectivity index (χ3n) is 2.05. The number of urea groups is 1. The Bertz CT molecular complexity index is 495. The molecule has 0 saturated carbocycles. The first-order valence-corrected chi connectivity index (χ1v) is 5.36. The van der Waals surface area contributed by atoms with Crippen LogP contribution in [-0.4, -0.2) is 25.8 Å². The molecule has 1 aromatic carbocycles. The van der Waals surface area contributed by atoms with E-state index >= 15 is 0 Å². The van der Waals surface area contributed by atoms with Gasteiger partial charge in [-0.3, -0.25) is 0 Å². The average molecular weight is 212 g/mol. The number of sulfonamides is 1. The third kappa shape index (κ3) is 1.07. The minimum absolute atomic E-state index is 0.127. The number of fused-ring (bicyclic) bond motifs is 1. The molecule has 0 aliphatic carbocycles. The van der Waals surface area contributed by atoms with Gasteiger partial charge in [-0.15, -0.1) is 0 Å². The van der Waals surface area contributed by atoms with E-state index in [1.807, 2.05) is 0 Å². The lowest BCUT2D eigenvalue weighted by molar-refractivity contribution is 0.240. The number of hydrogen-bond donors (Lipinski definition) is 1. The van der Waals surface area contributed by atoms with Gasteiger partial charge in [0.1, 0.15) is 4.90 Å². The molecule has 1 aliphatic rings. The number of hydrogen-bond acceptors (Lipinski definition) is 3. The Morgan fingerprint density at radius 1 is 1.29 bits per heavy atom. The van der Waals surface area contributed by atoms with Gasteiger partial charge in [-0.1, -0.05) is 12.1 Å². The fourth-order valence-corrected chi connectivity index (χ4v) is 2.45. The van der Waals surface area contributed by atoms with Crippen LogP contribution in [0.4, 0.5) is 10.5 Å². The number of nitrogens with one attached hydrogen (secondary N) is 1. The molecule has 14 heavy (non-hydrogen) atoms. The topological polar surface area (TPSA) is 66.5 Å². The van der Waals surface area contributed by atoms with Crippen LogP contribution in [0.2, 0.25) is 0 Å². The van der Waals surface area contributed by atoms with Crippen LogP contribution in [0.5, 0.6) is 0 Å². The maximum atomic E-state index is 11.7. The summed E-state index contributed by atoms with van der Waals surface area (Å²) in [5, 5.41) is 2.47. The molecule has 1 aromatic rings. The van der Waals surface area contributed by atoms with E-state index < -0.39 is 16.1 Å². The van der Waals surface area contributed by atoms with Crippen molar-refractivity contribution in [3.8, 4) is 0 Å². The Kier molecular flexibility index (Phi) is 1.75. The predicted octanol–water partition coefficient (Wildman–Crippen LogP) is 0.853. The molecule has 74 valence electrons. The summed E-state index contributed by atoms with van der Waals surface area (Å²) in [6.45, 7) is 0.